The highest BCUT2D eigenvalue weighted by atomic mass is 32.1. The van der Waals surface area contributed by atoms with Gasteiger partial charge in [0.2, 0.25) is 0 Å². The van der Waals surface area contributed by atoms with Crippen molar-refractivity contribution >= 4 is 23.4 Å². The molecule has 1 aliphatic rings. The van der Waals surface area contributed by atoms with Gasteiger partial charge in [0.1, 0.15) is 0 Å². The van der Waals surface area contributed by atoms with Crippen LogP contribution in [0.2, 0.25) is 0 Å². The second kappa shape index (κ2) is 4.82. The lowest BCUT2D eigenvalue weighted by atomic mass is 10.0. The average Bonchev–Trinajstić information content (AvgIpc) is 2.70. The number of pyridine rings is 1. The minimum Gasteiger partial charge on any atom is -0.381 e. The SMILES string of the molecule is Cc1ccnc2c1[nH]c(=S)n2CC1CCCOC1. The predicted molar refractivity (Wildman–Crippen MR) is 73.2 cm³/mol. The molecule has 0 aliphatic carbocycles. The Morgan fingerprint density at radius 1 is 1.61 bits per heavy atom. The van der Waals surface area contributed by atoms with Crippen LogP contribution in [0, 0.1) is 17.6 Å². The van der Waals surface area contributed by atoms with Crippen LogP contribution in [-0.2, 0) is 11.3 Å². The maximum absolute atomic E-state index is 5.53. The third-order valence-electron chi connectivity index (χ3n) is 3.57. The van der Waals surface area contributed by atoms with E-state index in [1.807, 2.05) is 12.3 Å². The minimum atomic E-state index is 0.548. The molecule has 4 nitrogen and oxygen atoms in total. The fourth-order valence-electron chi connectivity index (χ4n) is 2.55. The number of hydrogen-bond acceptors (Lipinski definition) is 3. The van der Waals surface area contributed by atoms with Crippen molar-refractivity contribution < 1.29 is 4.74 Å². The van der Waals surface area contributed by atoms with Crippen molar-refractivity contribution in [1.29, 1.82) is 0 Å². The van der Waals surface area contributed by atoms with Gasteiger partial charge in [-0.1, -0.05) is 0 Å². The van der Waals surface area contributed by atoms with Crippen LogP contribution in [-0.4, -0.2) is 27.7 Å². The highest BCUT2D eigenvalue weighted by Crippen LogP contribution is 2.20. The van der Waals surface area contributed by atoms with Gasteiger partial charge in [0.25, 0.3) is 0 Å². The Morgan fingerprint density at radius 2 is 2.50 bits per heavy atom. The maximum Gasteiger partial charge on any atom is 0.179 e. The Morgan fingerprint density at radius 3 is 3.28 bits per heavy atom. The van der Waals surface area contributed by atoms with Gasteiger partial charge in [0.05, 0.1) is 12.1 Å². The van der Waals surface area contributed by atoms with Crippen LogP contribution in [0.15, 0.2) is 12.3 Å². The Kier molecular flexibility index (Phi) is 3.18. The Bertz CT molecular complexity index is 610. The van der Waals surface area contributed by atoms with E-state index in [-0.39, 0.29) is 0 Å². The molecule has 3 rings (SSSR count). The van der Waals surface area contributed by atoms with Crippen molar-refractivity contribution in [3.63, 3.8) is 0 Å². The van der Waals surface area contributed by atoms with Gasteiger partial charge < -0.3 is 14.3 Å². The van der Waals surface area contributed by atoms with Crippen molar-refractivity contribution in [3.05, 3.63) is 22.6 Å². The first-order valence-corrected chi connectivity index (χ1v) is 6.78. The van der Waals surface area contributed by atoms with Gasteiger partial charge in [-0.25, -0.2) is 4.98 Å². The van der Waals surface area contributed by atoms with E-state index in [4.69, 9.17) is 17.0 Å². The molecule has 0 spiro atoms. The summed E-state index contributed by atoms with van der Waals surface area (Å²) in [4.78, 5) is 7.71. The third kappa shape index (κ3) is 2.08. The smallest absolute Gasteiger partial charge is 0.179 e. The summed E-state index contributed by atoms with van der Waals surface area (Å²) in [5.41, 5.74) is 3.20. The number of aromatic amines is 1. The fraction of sp³-hybridized carbons (Fsp3) is 0.538. The lowest BCUT2D eigenvalue weighted by Crippen LogP contribution is -2.22. The van der Waals surface area contributed by atoms with E-state index in [2.05, 4.69) is 21.5 Å². The summed E-state index contributed by atoms with van der Waals surface area (Å²) in [7, 11) is 0. The van der Waals surface area contributed by atoms with Gasteiger partial charge in [-0.3, -0.25) is 0 Å². The van der Waals surface area contributed by atoms with Crippen LogP contribution in [0.1, 0.15) is 18.4 Å². The van der Waals surface area contributed by atoms with E-state index in [0.717, 1.165) is 42.1 Å². The van der Waals surface area contributed by atoms with Gasteiger partial charge in [-0.05, 0) is 43.6 Å². The van der Waals surface area contributed by atoms with Crippen LogP contribution in [0.3, 0.4) is 0 Å². The maximum atomic E-state index is 5.53. The molecular weight excluding hydrogens is 246 g/mol. The molecule has 0 radical (unpaired) electrons. The molecule has 1 N–H and O–H groups in total. The molecular formula is C13H17N3OS. The number of ether oxygens (including phenoxy) is 1. The van der Waals surface area contributed by atoms with Crippen molar-refractivity contribution in [3.8, 4) is 0 Å². The first-order chi connectivity index (χ1) is 8.75. The number of rotatable bonds is 2. The van der Waals surface area contributed by atoms with E-state index in [0.29, 0.717) is 5.92 Å². The Labute approximate surface area is 111 Å². The molecule has 3 heterocycles. The van der Waals surface area contributed by atoms with Crippen LogP contribution < -0.4 is 0 Å². The molecule has 18 heavy (non-hydrogen) atoms. The third-order valence-corrected chi connectivity index (χ3v) is 3.89. The number of nitrogens with one attached hydrogen (secondary N) is 1. The van der Waals surface area contributed by atoms with Crippen molar-refractivity contribution in [2.24, 2.45) is 5.92 Å². The first-order valence-electron chi connectivity index (χ1n) is 6.37. The van der Waals surface area contributed by atoms with Crippen LogP contribution in [0.25, 0.3) is 11.2 Å². The monoisotopic (exact) mass is 263 g/mol. The number of hydrogen-bond donors (Lipinski definition) is 1. The predicted octanol–water partition coefficient (Wildman–Crippen LogP) is 2.83. The summed E-state index contributed by atoms with van der Waals surface area (Å²) in [6.45, 7) is 4.70. The minimum absolute atomic E-state index is 0.548. The molecule has 2 aromatic heterocycles. The second-order valence-corrected chi connectivity index (χ2v) is 5.34. The second-order valence-electron chi connectivity index (χ2n) is 4.95. The summed E-state index contributed by atoms with van der Waals surface area (Å²) < 4.78 is 8.40. The molecule has 5 heteroatoms. The summed E-state index contributed by atoms with van der Waals surface area (Å²) in [5, 5.41) is 0. The summed E-state index contributed by atoms with van der Waals surface area (Å²) in [6, 6.07) is 2.00. The molecule has 0 amide bonds. The molecule has 2 aromatic rings. The Hall–Kier alpha value is -1.20. The van der Waals surface area contributed by atoms with E-state index in [1.54, 1.807) is 0 Å². The summed E-state index contributed by atoms with van der Waals surface area (Å²) in [5.74, 6) is 0.548. The van der Waals surface area contributed by atoms with E-state index >= 15 is 0 Å². The highest BCUT2D eigenvalue weighted by Gasteiger charge is 2.17. The zero-order valence-electron chi connectivity index (χ0n) is 10.5. The largest absolute Gasteiger partial charge is 0.381 e. The van der Waals surface area contributed by atoms with Gasteiger partial charge in [0, 0.05) is 25.3 Å². The topological polar surface area (TPSA) is 42.8 Å². The highest BCUT2D eigenvalue weighted by molar-refractivity contribution is 7.71. The fourth-order valence-corrected chi connectivity index (χ4v) is 2.82. The zero-order valence-corrected chi connectivity index (χ0v) is 11.3. The standard InChI is InChI=1S/C13H17N3OS/c1-9-4-5-14-12-11(9)15-13(18)16(12)7-10-3-2-6-17-8-10/h4-5,10H,2-3,6-8H2,1H3,(H,15,18). The van der Waals surface area contributed by atoms with E-state index in [9.17, 15) is 0 Å². The number of imidazole rings is 1. The quantitative estimate of drug-likeness (QED) is 0.847. The van der Waals surface area contributed by atoms with Gasteiger partial charge in [-0.15, -0.1) is 0 Å². The molecule has 1 saturated heterocycles. The van der Waals surface area contributed by atoms with Crippen molar-refractivity contribution in [2.75, 3.05) is 13.2 Å². The number of aromatic nitrogens is 3. The molecule has 1 aliphatic heterocycles. The average molecular weight is 263 g/mol. The molecule has 0 aromatic carbocycles. The molecule has 0 saturated carbocycles. The number of fused-ring (bicyclic) bond motifs is 1. The van der Waals surface area contributed by atoms with Crippen LogP contribution in [0.5, 0.6) is 0 Å². The molecule has 0 bridgehead atoms. The molecule has 1 atom stereocenters. The summed E-state index contributed by atoms with van der Waals surface area (Å²) >= 11 is 5.41. The van der Waals surface area contributed by atoms with E-state index < -0.39 is 0 Å². The number of aryl methyl sites for hydroxylation is 1. The van der Waals surface area contributed by atoms with E-state index in [1.165, 1.54) is 12.0 Å². The van der Waals surface area contributed by atoms with Gasteiger partial charge >= 0.3 is 0 Å². The molecule has 1 fully saturated rings. The zero-order chi connectivity index (χ0) is 12.5. The first kappa shape index (κ1) is 11.9. The van der Waals surface area contributed by atoms with Gasteiger partial charge in [-0.2, -0.15) is 0 Å². The van der Waals surface area contributed by atoms with Crippen LogP contribution in [0.4, 0.5) is 0 Å². The van der Waals surface area contributed by atoms with Crippen molar-refractivity contribution in [2.45, 2.75) is 26.3 Å². The Balaban J connectivity index is 1.98. The van der Waals surface area contributed by atoms with Gasteiger partial charge in [0.15, 0.2) is 10.4 Å². The molecule has 1 unspecified atom stereocenters. The number of nitrogens with zero attached hydrogens (tertiary/aromatic N) is 2. The normalized spacial score (nSPS) is 20.4. The van der Waals surface area contributed by atoms with Crippen molar-refractivity contribution in [1.82, 2.24) is 14.5 Å². The number of H-pyrrole nitrogens is 1. The van der Waals surface area contributed by atoms with Crippen LogP contribution >= 0.6 is 12.2 Å². The molecule has 96 valence electrons. The lowest BCUT2D eigenvalue weighted by Gasteiger charge is -2.22. The summed E-state index contributed by atoms with van der Waals surface area (Å²) in [6.07, 6.45) is 4.20. The lowest BCUT2D eigenvalue weighted by molar-refractivity contribution is 0.0486.